The van der Waals surface area contributed by atoms with Gasteiger partial charge in [-0.25, -0.2) is 0 Å². The quantitative estimate of drug-likeness (QED) is 0.453. The number of halogens is 1. The molecule has 4 heteroatoms. The fourth-order valence-electron chi connectivity index (χ4n) is 1.90. The second kappa shape index (κ2) is 3.21. The maximum atomic E-state index is 8.64. The molecule has 0 bridgehead atoms. The first-order chi connectivity index (χ1) is 5.79. The number of nitriles is 1. The van der Waals surface area contributed by atoms with Crippen LogP contribution in [0, 0.1) is 11.3 Å². The lowest BCUT2D eigenvalue weighted by molar-refractivity contribution is 0.0486. The van der Waals surface area contributed by atoms with Crippen LogP contribution >= 0.6 is 11.6 Å². The van der Waals surface area contributed by atoms with Gasteiger partial charge in [0.05, 0.1) is 17.7 Å². The molecule has 12 heavy (non-hydrogen) atoms. The molecule has 0 aromatic heterocycles. The predicted molar refractivity (Wildman–Crippen MR) is 44.7 cm³/mol. The zero-order valence-corrected chi connectivity index (χ0v) is 7.42. The van der Waals surface area contributed by atoms with Crippen molar-refractivity contribution in [1.82, 2.24) is 5.32 Å². The van der Waals surface area contributed by atoms with Gasteiger partial charge in [-0.1, -0.05) is 0 Å². The zero-order chi connectivity index (χ0) is 8.55. The third kappa shape index (κ3) is 1.42. The summed E-state index contributed by atoms with van der Waals surface area (Å²) in [7, 11) is 0. The summed E-state index contributed by atoms with van der Waals surface area (Å²) in [5.74, 6) is 0. The molecule has 2 fully saturated rings. The summed E-state index contributed by atoms with van der Waals surface area (Å²) < 4.78 is 5.48. The van der Waals surface area contributed by atoms with E-state index in [4.69, 9.17) is 21.6 Å². The van der Waals surface area contributed by atoms with Crippen LogP contribution in [0.15, 0.2) is 0 Å². The van der Waals surface area contributed by atoms with Crippen molar-refractivity contribution in [2.45, 2.75) is 43.0 Å². The van der Waals surface area contributed by atoms with E-state index in [2.05, 4.69) is 11.4 Å². The van der Waals surface area contributed by atoms with E-state index in [9.17, 15) is 0 Å². The molecule has 66 valence electrons. The van der Waals surface area contributed by atoms with Crippen molar-refractivity contribution in [1.29, 1.82) is 5.26 Å². The average Bonchev–Trinajstić information content (AvgIpc) is 2.46. The molecular formula is C8H11ClN2O. The highest BCUT2D eigenvalue weighted by Crippen LogP contribution is 2.28. The zero-order valence-electron chi connectivity index (χ0n) is 6.66. The van der Waals surface area contributed by atoms with E-state index in [1.165, 1.54) is 0 Å². The minimum atomic E-state index is -0.227. The molecule has 0 amide bonds. The maximum Gasteiger partial charge on any atom is 0.146 e. The van der Waals surface area contributed by atoms with E-state index >= 15 is 0 Å². The Labute approximate surface area is 76.6 Å². The lowest BCUT2D eigenvalue weighted by Crippen LogP contribution is -2.45. The molecule has 3 nitrogen and oxygen atoms in total. The smallest absolute Gasteiger partial charge is 0.146 e. The number of hydrogen-bond donors (Lipinski definition) is 1. The molecule has 0 radical (unpaired) electrons. The number of alkyl halides is 1. The van der Waals surface area contributed by atoms with Gasteiger partial charge in [0, 0.05) is 12.5 Å². The van der Waals surface area contributed by atoms with Gasteiger partial charge < -0.3 is 4.74 Å². The minimum absolute atomic E-state index is 0.0623. The molecule has 0 saturated carbocycles. The topological polar surface area (TPSA) is 45.0 Å². The van der Waals surface area contributed by atoms with Crippen LogP contribution in [0.3, 0.4) is 0 Å². The summed E-state index contributed by atoms with van der Waals surface area (Å²) in [4.78, 5) is 0. The van der Waals surface area contributed by atoms with Crippen LogP contribution in [0.25, 0.3) is 0 Å². The normalized spacial score (nSPS) is 46.7. The first-order valence-electron chi connectivity index (χ1n) is 4.25. The summed E-state index contributed by atoms with van der Waals surface area (Å²) in [5.41, 5.74) is 0.0623. The molecule has 0 aromatic rings. The van der Waals surface area contributed by atoms with Crippen LogP contribution < -0.4 is 5.32 Å². The molecule has 1 N–H and O–H groups in total. The fourth-order valence-corrected chi connectivity index (χ4v) is 2.19. The Bertz CT molecular complexity index is 216. The molecule has 2 aliphatic heterocycles. The summed E-state index contributed by atoms with van der Waals surface area (Å²) in [5, 5.41) is 11.9. The van der Waals surface area contributed by atoms with E-state index in [1.54, 1.807) is 0 Å². The SMILES string of the molecule is N#CC1CC2NC(Cl)CCC2O1. The molecule has 2 heterocycles. The van der Waals surface area contributed by atoms with Crippen molar-refractivity contribution >= 4 is 11.6 Å². The fraction of sp³-hybridized carbons (Fsp3) is 0.875. The average molecular weight is 187 g/mol. The molecule has 2 rings (SSSR count). The summed E-state index contributed by atoms with van der Waals surface area (Å²) in [6.07, 6.45) is 2.68. The maximum absolute atomic E-state index is 8.64. The molecule has 4 atom stereocenters. The van der Waals surface area contributed by atoms with E-state index in [0.717, 1.165) is 19.3 Å². The van der Waals surface area contributed by atoms with Crippen LogP contribution in [-0.4, -0.2) is 23.8 Å². The van der Waals surface area contributed by atoms with Gasteiger partial charge in [0.1, 0.15) is 6.10 Å². The number of nitrogens with one attached hydrogen (secondary N) is 1. The van der Waals surface area contributed by atoms with E-state index in [-0.39, 0.29) is 17.7 Å². The second-order valence-corrected chi connectivity index (χ2v) is 3.87. The molecule has 0 spiro atoms. The summed E-state index contributed by atoms with van der Waals surface area (Å²) in [6, 6.07) is 2.43. The lowest BCUT2D eigenvalue weighted by atomic mass is 10.0. The largest absolute Gasteiger partial charge is 0.358 e. The molecule has 0 aliphatic carbocycles. The van der Waals surface area contributed by atoms with Gasteiger partial charge in [-0.2, -0.15) is 5.26 Å². The molecule has 2 saturated heterocycles. The highest BCUT2D eigenvalue weighted by Gasteiger charge is 2.38. The van der Waals surface area contributed by atoms with Crippen LogP contribution in [0.1, 0.15) is 19.3 Å². The molecule has 4 unspecified atom stereocenters. The molecular weight excluding hydrogens is 176 g/mol. The standard InChI is InChI=1S/C8H11ClN2O/c9-8-2-1-7-6(11-8)3-5(4-10)12-7/h5-8,11H,1-3H2. The van der Waals surface area contributed by atoms with E-state index in [1.807, 2.05) is 0 Å². The first kappa shape index (κ1) is 8.31. The lowest BCUT2D eigenvalue weighted by Gasteiger charge is -2.28. The number of ether oxygens (including phenoxy) is 1. The Hall–Kier alpha value is -0.300. The Balaban J connectivity index is 1.99. The van der Waals surface area contributed by atoms with Crippen molar-refractivity contribution in [3.63, 3.8) is 0 Å². The van der Waals surface area contributed by atoms with Crippen LogP contribution in [-0.2, 0) is 4.74 Å². The Morgan fingerprint density at radius 2 is 2.33 bits per heavy atom. The van der Waals surface area contributed by atoms with Crippen molar-refractivity contribution in [3.8, 4) is 6.07 Å². The highest BCUT2D eigenvalue weighted by molar-refractivity contribution is 6.20. The van der Waals surface area contributed by atoms with Crippen molar-refractivity contribution < 1.29 is 4.74 Å². The van der Waals surface area contributed by atoms with Crippen LogP contribution in [0.5, 0.6) is 0 Å². The van der Waals surface area contributed by atoms with Crippen molar-refractivity contribution in [3.05, 3.63) is 0 Å². The van der Waals surface area contributed by atoms with E-state index in [0.29, 0.717) is 6.04 Å². The Kier molecular flexibility index (Phi) is 2.22. The first-order valence-corrected chi connectivity index (χ1v) is 4.68. The van der Waals surface area contributed by atoms with E-state index < -0.39 is 0 Å². The number of rotatable bonds is 0. The molecule has 2 aliphatic rings. The van der Waals surface area contributed by atoms with Crippen molar-refractivity contribution in [2.24, 2.45) is 0 Å². The number of hydrogen-bond acceptors (Lipinski definition) is 3. The van der Waals surface area contributed by atoms with Crippen molar-refractivity contribution in [2.75, 3.05) is 0 Å². The minimum Gasteiger partial charge on any atom is -0.358 e. The number of piperidine rings is 1. The van der Waals surface area contributed by atoms with Gasteiger partial charge in [-0.15, -0.1) is 11.6 Å². The van der Waals surface area contributed by atoms with Gasteiger partial charge in [-0.3, -0.25) is 5.32 Å². The monoisotopic (exact) mass is 186 g/mol. The van der Waals surface area contributed by atoms with Gasteiger partial charge in [0.2, 0.25) is 0 Å². The Morgan fingerprint density at radius 3 is 3.08 bits per heavy atom. The number of fused-ring (bicyclic) bond motifs is 1. The second-order valence-electron chi connectivity index (χ2n) is 3.35. The van der Waals surface area contributed by atoms with Gasteiger partial charge >= 0.3 is 0 Å². The highest BCUT2D eigenvalue weighted by atomic mass is 35.5. The van der Waals surface area contributed by atoms with Crippen LogP contribution in [0.2, 0.25) is 0 Å². The predicted octanol–water partition coefficient (Wildman–Crippen LogP) is 0.984. The van der Waals surface area contributed by atoms with Gasteiger partial charge in [0.15, 0.2) is 0 Å². The third-order valence-corrected chi connectivity index (χ3v) is 2.84. The Morgan fingerprint density at radius 1 is 1.50 bits per heavy atom. The number of nitrogens with zero attached hydrogens (tertiary/aromatic N) is 1. The third-order valence-electron chi connectivity index (χ3n) is 2.50. The van der Waals surface area contributed by atoms with Crippen LogP contribution in [0.4, 0.5) is 0 Å². The molecule has 0 aromatic carbocycles. The van der Waals surface area contributed by atoms with Gasteiger partial charge in [-0.05, 0) is 12.8 Å². The summed E-state index contributed by atoms with van der Waals surface area (Å²) in [6.45, 7) is 0. The van der Waals surface area contributed by atoms with Gasteiger partial charge in [0.25, 0.3) is 0 Å². The summed E-state index contributed by atoms with van der Waals surface area (Å²) >= 11 is 5.92.